The topological polar surface area (TPSA) is 52.3 Å². The molecule has 0 saturated heterocycles. The molecule has 0 spiro atoms. The van der Waals surface area contributed by atoms with Crippen LogP contribution in [0.15, 0.2) is 79.1 Å². The van der Waals surface area contributed by atoms with Gasteiger partial charge in [-0.25, -0.2) is 0 Å². The Kier molecular flexibility index (Phi) is 3.57. The first-order valence-electron chi connectivity index (χ1n) is 8.67. The molecule has 5 heteroatoms. The van der Waals surface area contributed by atoms with E-state index in [1.165, 1.54) is 0 Å². The largest absolute Gasteiger partial charge is 0.497 e. The summed E-state index contributed by atoms with van der Waals surface area (Å²) in [5.41, 5.74) is 4.96. The average molecular weight is 352 g/mol. The molecule has 0 bridgehead atoms. The van der Waals surface area contributed by atoms with Crippen molar-refractivity contribution in [3.63, 3.8) is 0 Å². The molecule has 5 rings (SSSR count). The molecule has 130 valence electrons. The zero-order chi connectivity index (χ0) is 18.2. The minimum Gasteiger partial charge on any atom is -0.497 e. The number of pyridine rings is 2. The van der Waals surface area contributed by atoms with Gasteiger partial charge in [0, 0.05) is 23.3 Å². The average Bonchev–Trinajstić information content (AvgIpc) is 3.16. The molecule has 0 radical (unpaired) electrons. The number of methoxy groups -OCH3 is 1. The quantitative estimate of drug-likeness (QED) is 0.475. The van der Waals surface area contributed by atoms with Crippen LogP contribution in [-0.4, -0.2) is 26.7 Å². The third-order valence-electron chi connectivity index (χ3n) is 4.72. The van der Waals surface area contributed by atoms with Crippen molar-refractivity contribution in [3.8, 4) is 28.3 Å². The van der Waals surface area contributed by atoms with Gasteiger partial charge in [-0.2, -0.15) is 0 Å². The van der Waals surface area contributed by atoms with Crippen LogP contribution in [0.1, 0.15) is 0 Å². The minimum atomic E-state index is 0.805. The molecule has 3 aromatic heterocycles. The third kappa shape index (κ3) is 2.60. The van der Waals surface area contributed by atoms with E-state index in [4.69, 9.17) is 4.74 Å². The molecule has 2 aromatic carbocycles. The molecule has 0 aliphatic carbocycles. The summed E-state index contributed by atoms with van der Waals surface area (Å²) in [7, 11) is 1.67. The van der Waals surface area contributed by atoms with Gasteiger partial charge in [-0.15, -0.1) is 10.2 Å². The lowest BCUT2D eigenvalue weighted by Gasteiger charge is -2.06. The van der Waals surface area contributed by atoms with E-state index >= 15 is 0 Å². The second-order valence-corrected chi connectivity index (χ2v) is 6.27. The van der Waals surface area contributed by atoms with Crippen LogP contribution in [0, 0.1) is 0 Å². The number of ether oxygens (including phenoxy) is 1. The first-order chi connectivity index (χ1) is 13.3. The lowest BCUT2D eigenvalue weighted by atomic mass is 10.1. The number of fused-ring (bicyclic) bond motifs is 2. The summed E-state index contributed by atoms with van der Waals surface area (Å²) < 4.78 is 7.24. The van der Waals surface area contributed by atoms with Crippen LogP contribution in [0.2, 0.25) is 0 Å². The molecule has 0 atom stereocenters. The second kappa shape index (κ2) is 6.21. The van der Waals surface area contributed by atoms with E-state index in [9.17, 15) is 0 Å². The van der Waals surface area contributed by atoms with Gasteiger partial charge in [-0.1, -0.05) is 30.3 Å². The molecule has 27 heavy (non-hydrogen) atoms. The lowest BCUT2D eigenvalue weighted by molar-refractivity contribution is 0.415. The number of rotatable bonds is 3. The highest BCUT2D eigenvalue weighted by Crippen LogP contribution is 2.28. The van der Waals surface area contributed by atoms with Crippen molar-refractivity contribution in [2.75, 3.05) is 7.11 Å². The van der Waals surface area contributed by atoms with Crippen molar-refractivity contribution in [3.05, 3.63) is 79.1 Å². The fourth-order valence-corrected chi connectivity index (χ4v) is 3.33. The molecule has 0 N–H and O–H groups in total. The van der Waals surface area contributed by atoms with E-state index in [2.05, 4.69) is 27.3 Å². The van der Waals surface area contributed by atoms with Crippen molar-refractivity contribution in [1.29, 1.82) is 0 Å². The van der Waals surface area contributed by atoms with Crippen molar-refractivity contribution in [2.24, 2.45) is 0 Å². The maximum Gasteiger partial charge on any atom is 0.169 e. The Labute approximate surface area is 155 Å². The Bertz CT molecular complexity index is 1250. The summed E-state index contributed by atoms with van der Waals surface area (Å²) in [5.74, 6) is 1.65. The van der Waals surface area contributed by atoms with Crippen LogP contribution in [-0.2, 0) is 0 Å². The minimum absolute atomic E-state index is 0.805. The predicted octanol–water partition coefficient (Wildman–Crippen LogP) is 4.62. The first kappa shape index (κ1) is 15.5. The first-order valence-corrected chi connectivity index (χ1v) is 8.67. The van der Waals surface area contributed by atoms with E-state index in [0.717, 1.165) is 44.8 Å². The summed E-state index contributed by atoms with van der Waals surface area (Å²) in [5, 5.41) is 9.90. The van der Waals surface area contributed by atoms with Gasteiger partial charge in [0.05, 0.1) is 12.6 Å². The highest BCUT2D eigenvalue weighted by atomic mass is 16.5. The third-order valence-corrected chi connectivity index (χ3v) is 4.72. The molecule has 0 amide bonds. The Morgan fingerprint density at radius 2 is 1.70 bits per heavy atom. The van der Waals surface area contributed by atoms with Crippen molar-refractivity contribution in [2.45, 2.75) is 0 Å². The zero-order valence-corrected chi connectivity index (χ0v) is 14.7. The smallest absolute Gasteiger partial charge is 0.169 e. The van der Waals surface area contributed by atoms with Crippen LogP contribution < -0.4 is 4.74 Å². The predicted molar refractivity (Wildman–Crippen MR) is 106 cm³/mol. The van der Waals surface area contributed by atoms with Crippen LogP contribution in [0.3, 0.4) is 0 Å². The van der Waals surface area contributed by atoms with Crippen LogP contribution >= 0.6 is 0 Å². The maximum atomic E-state index is 5.23. The molecule has 0 fully saturated rings. The standard InChI is InChI=1S/C22H16N4O/c1-27-17-8-6-15(7-9-17)16-11-13-26-21(14-16)24-25-22(26)19-10-12-23-20-5-3-2-4-18(19)20/h2-14H,1H3. The molecule has 0 saturated carbocycles. The highest BCUT2D eigenvalue weighted by Gasteiger charge is 2.12. The zero-order valence-electron chi connectivity index (χ0n) is 14.7. The maximum absolute atomic E-state index is 5.23. The molecule has 5 nitrogen and oxygen atoms in total. The number of hydrogen-bond acceptors (Lipinski definition) is 4. The summed E-state index contributed by atoms with van der Waals surface area (Å²) >= 11 is 0. The summed E-state index contributed by atoms with van der Waals surface area (Å²) in [4.78, 5) is 4.43. The van der Waals surface area contributed by atoms with Crippen molar-refractivity contribution < 1.29 is 4.74 Å². The normalized spacial score (nSPS) is 11.1. The number of benzene rings is 2. The van der Waals surface area contributed by atoms with E-state index in [0.29, 0.717) is 0 Å². The fraction of sp³-hybridized carbons (Fsp3) is 0.0455. The van der Waals surface area contributed by atoms with Gasteiger partial charge < -0.3 is 4.74 Å². The molecule has 5 aromatic rings. The number of nitrogens with zero attached hydrogens (tertiary/aromatic N) is 4. The molecule has 3 heterocycles. The fourth-order valence-electron chi connectivity index (χ4n) is 3.33. The molecule has 0 aliphatic rings. The van der Waals surface area contributed by atoms with Crippen molar-refractivity contribution in [1.82, 2.24) is 19.6 Å². The Morgan fingerprint density at radius 3 is 2.56 bits per heavy atom. The summed E-state index contributed by atoms with van der Waals surface area (Å²) in [6, 6.07) is 22.2. The van der Waals surface area contributed by atoms with Gasteiger partial charge in [-0.05, 0) is 47.5 Å². The molecule has 0 unspecified atom stereocenters. The SMILES string of the molecule is COc1ccc(-c2ccn3c(-c4ccnc5ccccc45)nnc3c2)cc1. The molecular formula is C22H16N4O. The Morgan fingerprint density at radius 1 is 0.852 bits per heavy atom. The van der Waals surface area contributed by atoms with E-state index in [1.807, 2.05) is 71.4 Å². The van der Waals surface area contributed by atoms with E-state index in [-0.39, 0.29) is 0 Å². The Hall–Kier alpha value is -3.73. The summed E-state index contributed by atoms with van der Waals surface area (Å²) in [6.45, 7) is 0. The van der Waals surface area contributed by atoms with Crippen LogP contribution in [0.25, 0.3) is 39.1 Å². The number of aromatic nitrogens is 4. The molecular weight excluding hydrogens is 336 g/mol. The second-order valence-electron chi connectivity index (χ2n) is 6.27. The van der Waals surface area contributed by atoms with E-state index in [1.54, 1.807) is 7.11 Å². The lowest BCUT2D eigenvalue weighted by Crippen LogP contribution is -1.92. The van der Waals surface area contributed by atoms with Gasteiger partial charge in [-0.3, -0.25) is 9.38 Å². The number of para-hydroxylation sites is 1. The summed E-state index contributed by atoms with van der Waals surface area (Å²) in [6.07, 6.45) is 3.82. The van der Waals surface area contributed by atoms with Gasteiger partial charge in [0.25, 0.3) is 0 Å². The molecule has 0 aliphatic heterocycles. The highest BCUT2D eigenvalue weighted by molar-refractivity contribution is 5.92. The van der Waals surface area contributed by atoms with Crippen LogP contribution in [0.4, 0.5) is 0 Å². The van der Waals surface area contributed by atoms with Gasteiger partial charge in [0.15, 0.2) is 11.5 Å². The number of hydrogen-bond donors (Lipinski definition) is 0. The van der Waals surface area contributed by atoms with Gasteiger partial charge >= 0.3 is 0 Å². The Balaban J connectivity index is 1.63. The van der Waals surface area contributed by atoms with Crippen molar-refractivity contribution >= 4 is 16.6 Å². The van der Waals surface area contributed by atoms with E-state index < -0.39 is 0 Å². The van der Waals surface area contributed by atoms with Gasteiger partial charge in [0.1, 0.15) is 5.75 Å². The monoisotopic (exact) mass is 352 g/mol. The van der Waals surface area contributed by atoms with Gasteiger partial charge in [0.2, 0.25) is 0 Å². The van der Waals surface area contributed by atoms with Crippen LogP contribution in [0.5, 0.6) is 5.75 Å².